The number of methoxy groups -OCH3 is 1. The van der Waals surface area contributed by atoms with Gasteiger partial charge in [-0.3, -0.25) is 0 Å². The first-order chi connectivity index (χ1) is 13.2. The molecule has 2 heterocycles. The van der Waals surface area contributed by atoms with Gasteiger partial charge in [0.25, 0.3) is 0 Å². The molecule has 1 amide bonds. The molecule has 6 heteroatoms. The van der Waals surface area contributed by atoms with Crippen LogP contribution < -0.4 is 5.32 Å². The molecule has 0 aromatic heterocycles. The van der Waals surface area contributed by atoms with Gasteiger partial charge in [-0.05, 0) is 35.7 Å². The third kappa shape index (κ3) is 3.62. The Bertz CT molecular complexity index is 814. The normalized spacial score (nSPS) is 23.3. The minimum atomic E-state index is -0.282. The Balaban J connectivity index is 1.57. The number of anilines is 1. The fourth-order valence-electron chi connectivity index (χ4n) is 4.20. The van der Waals surface area contributed by atoms with Crippen molar-refractivity contribution in [2.75, 3.05) is 25.6 Å². The van der Waals surface area contributed by atoms with Gasteiger partial charge < -0.3 is 19.7 Å². The Morgan fingerprint density at radius 2 is 2.07 bits per heavy atom. The van der Waals surface area contributed by atoms with Gasteiger partial charge in [-0.2, -0.15) is 0 Å². The second-order valence-electron chi connectivity index (χ2n) is 7.07. The summed E-state index contributed by atoms with van der Waals surface area (Å²) in [6.45, 7) is 1.53. The number of likely N-dealkylation sites (tertiary alicyclic amines) is 1. The van der Waals surface area contributed by atoms with E-state index >= 15 is 0 Å². The highest BCUT2D eigenvalue weighted by atomic mass is 35.5. The number of benzene rings is 2. The van der Waals surface area contributed by atoms with E-state index in [0.717, 1.165) is 23.2 Å². The molecule has 2 aromatic rings. The third-order valence-electron chi connectivity index (χ3n) is 5.42. The van der Waals surface area contributed by atoms with Gasteiger partial charge >= 0.3 is 6.09 Å². The topological polar surface area (TPSA) is 50.8 Å². The molecular formula is C21H23ClN2O3. The molecule has 0 bridgehead atoms. The quantitative estimate of drug-likeness (QED) is 0.841. The van der Waals surface area contributed by atoms with Crippen molar-refractivity contribution in [2.24, 2.45) is 5.92 Å². The van der Waals surface area contributed by atoms with E-state index < -0.39 is 0 Å². The highest BCUT2D eigenvalue weighted by Gasteiger charge is 2.46. The summed E-state index contributed by atoms with van der Waals surface area (Å²) in [6, 6.07) is 15.6. The van der Waals surface area contributed by atoms with Crippen LogP contribution in [0.4, 0.5) is 10.5 Å². The van der Waals surface area contributed by atoms with Crippen LogP contribution in [0.2, 0.25) is 5.02 Å². The Labute approximate surface area is 164 Å². The van der Waals surface area contributed by atoms with E-state index in [1.807, 2.05) is 53.4 Å². The van der Waals surface area contributed by atoms with Crippen molar-refractivity contribution in [1.82, 2.24) is 4.90 Å². The van der Waals surface area contributed by atoms with Crippen LogP contribution >= 0.6 is 11.6 Å². The van der Waals surface area contributed by atoms with Crippen molar-refractivity contribution >= 4 is 23.4 Å². The summed E-state index contributed by atoms with van der Waals surface area (Å²) in [5.74, 6) is 0.264. The molecule has 142 valence electrons. The zero-order valence-corrected chi connectivity index (χ0v) is 16.0. The number of hydrogen-bond donors (Lipinski definition) is 1. The molecule has 0 spiro atoms. The average molecular weight is 387 g/mol. The monoisotopic (exact) mass is 386 g/mol. The van der Waals surface area contributed by atoms with Crippen LogP contribution in [0.1, 0.15) is 23.6 Å². The van der Waals surface area contributed by atoms with Gasteiger partial charge in [0.05, 0.1) is 18.7 Å². The summed E-state index contributed by atoms with van der Waals surface area (Å²) >= 11 is 6.25. The van der Waals surface area contributed by atoms with E-state index in [1.54, 1.807) is 7.11 Å². The summed E-state index contributed by atoms with van der Waals surface area (Å²) in [5.41, 5.74) is 3.03. The van der Waals surface area contributed by atoms with E-state index in [4.69, 9.17) is 21.1 Å². The minimum absolute atomic E-state index is 0.0524. The third-order valence-corrected chi connectivity index (χ3v) is 5.66. The predicted molar refractivity (Wildman–Crippen MR) is 105 cm³/mol. The van der Waals surface area contributed by atoms with Crippen molar-refractivity contribution in [2.45, 2.75) is 25.1 Å². The maximum atomic E-state index is 12.9. The minimum Gasteiger partial charge on any atom is -0.445 e. The van der Waals surface area contributed by atoms with Gasteiger partial charge in [0.15, 0.2) is 0 Å². The van der Waals surface area contributed by atoms with Gasteiger partial charge in [0.1, 0.15) is 6.61 Å². The first kappa shape index (κ1) is 18.1. The number of ether oxygens (including phenoxy) is 2. The fourth-order valence-corrected chi connectivity index (χ4v) is 4.38. The Kier molecular flexibility index (Phi) is 5.23. The zero-order valence-electron chi connectivity index (χ0n) is 15.2. The summed E-state index contributed by atoms with van der Waals surface area (Å²) < 4.78 is 11.0. The number of rotatable bonds is 4. The van der Waals surface area contributed by atoms with Gasteiger partial charge in [0.2, 0.25) is 0 Å². The molecule has 0 radical (unpaired) electrons. The molecular weight excluding hydrogens is 364 g/mol. The number of carbonyl (C=O) groups is 1. The van der Waals surface area contributed by atoms with E-state index in [0.29, 0.717) is 18.2 Å². The van der Waals surface area contributed by atoms with E-state index in [2.05, 4.69) is 5.32 Å². The molecule has 1 fully saturated rings. The Morgan fingerprint density at radius 3 is 2.85 bits per heavy atom. The van der Waals surface area contributed by atoms with E-state index in [9.17, 15) is 4.79 Å². The highest BCUT2D eigenvalue weighted by molar-refractivity contribution is 6.30. The molecule has 4 rings (SSSR count). The molecule has 2 aliphatic rings. The zero-order chi connectivity index (χ0) is 18.8. The molecule has 0 saturated carbocycles. The number of halogens is 1. The molecule has 5 nitrogen and oxygen atoms in total. The summed E-state index contributed by atoms with van der Waals surface area (Å²) in [7, 11) is 1.70. The van der Waals surface area contributed by atoms with Gasteiger partial charge in [0, 0.05) is 30.3 Å². The average Bonchev–Trinajstić information content (AvgIpc) is 3.13. The molecule has 2 aromatic carbocycles. The number of amides is 1. The number of carbonyl (C=O) groups excluding carboxylic acids is 1. The summed E-state index contributed by atoms with van der Waals surface area (Å²) in [5, 5.41) is 4.22. The van der Waals surface area contributed by atoms with Crippen molar-refractivity contribution in [1.29, 1.82) is 0 Å². The molecule has 3 atom stereocenters. The molecule has 0 aliphatic carbocycles. The fraction of sp³-hybridized carbons (Fsp3) is 0.381. The lowest BCUT2D eigenvalue weighted by molar-refractivity contribution is 0.0825. The van der Waals surface area contributed by atoms with E-state index in [1.165, 1.54) is 0 Å². The SMILES string of the molecule is COCC1Nc2ccc(Cl)cc2C2C1CCN2C(=O)OCc1ccccc1. The van der Waals surface area contributed by atoms with Gasteiger partial charge in [-0.1, -0.05) is 41.9 Å². The van der Waals surface area contributed by atoms with Crippen molar-refractivity contribution in [3.05, 3.63) is 64.7 Å². The lowest BCUT2D eigenvalue weighted by Crippen LogP contribution is -2.43. The standard InChI is InChI=1S/C21H23ClN2O3/c1-26-13-19-16-9-10-24(21(25)27-12-14-5-3-2-4-6-14)20(16)17-11-15(22)7-8-18(17)23-19/h2-8,11,16,19-20,23H,9-10,12-13H2,1H3. The Morgan fingerprint density at radius 1 is 1.26 bits per heavy atom. The summed E-state index contributed by atoms with van der Waals surface area (Å²) in [6.07, 6.45) is 0.619. The van der Waals surface area contributed by atoms with Crippen molar-refractivity contribution in [3.8, 4) is 0 Å². The number of fused-ring (bicyclic) bond motifs is 3. The lowest BCUT2D eigenvalue weighted by atomic mass is 9.83. The smallest absolute Gasteiger partial charge is 0.410 e. The number of nitrogens with one attached hydrogen (secondary N) is 1. The van der Waals surface area contributed by atoms with E-state index in [-0.39, 0.29) is 30.7 Å². The van der Waals surface area contributed by atoms with Crippen LogP contribution in [0.5, 0.6) is 0 Å². The highest BCUT2D eigenvalue weighted by Crippen LogP contribution is 2.47. The molecule has 3 unspecified atom stereocenters. The summed E-state index contributed by atoms with van der Waals surface area (Å²) in [4.78, 5) is 14.7. The molecule has 1 saturated heterocycles. The maximum Gasteiger partial charge on any atom is 0.410 e. The lowest BCUT2D eigenvalue weighted by Gasteiger charge is -2.39. The van der Waals surface area contributed by atoms with Gasteiger partial charge in [-0.15, -0.1) is 0 Å². The second-order valence-corrected chi connectivity index (χ2v) is 7.51. The maximum absolute atomic E-state index is 12.9. The Hall–Kier alpha value is -2.24. The van der Waals surface area contributed by atoms with Gasteiger partial charge in [-0.25, -0.2) is 4.79 Å². The second kappa shape index (κ2) is 7.79. The van der Waals surface area contributed by atoms with Crippen molar-refractivity contribution < 1.29 is 14.3 Å². The van der Waals surface area contributed by atoms with Crippen molar-refractivity contribution in [3.63, 3.8) is 0 Å². The number of nitrogens with zero attached hydrogens (tertiary/aromatic N) is 1. The largest absolute Gasteiger partial charge is 0.445 e. The predicted octanol–water partition coefficient (Wildman–Crippen LogP) is 4.48. The van der Waals surface area contributed by atoms with Crippen LogP contribution in [-0.2, 0) is 16.1 Å². The molecule has 27 heavy (non-hydrogen) atoms. The molecule has 2 aliphatic heterocycles. The van der Waals surface area contributed by atoms with Crippen LogP contribution in [0.3, 0.4) is 0 Å². The van der Waals surface area contributed by atoms with Crippen LogP contribution in [0.15, 0.2) is 48.5 Å². The van der Waals surface area contributed by atoms with Crippen LogP contribution in [-0.4, -0.2) is 37.3 Å². The molecule has 1 N–H and O–H groups in total. The van der Waals surface area contributed by atoms with Crippen LogP contribution in [0, 0.1) is 5.92 Å². The van der Waals surface area contributed by atoms with Crippen LogP contribution in [0.25, 0.3) is 0 Å². The first-order valence-corrected chi connectivity index (χ1v) is 9.57. The first-order valence-electron chi connectivity index (χ1n) is 9.19. The number of hydrogen-bond acceptors (Lipinski definition) is 4.